The number of aryl methyl sites for hydroxylation is 1. The summed E-state index contributed by atoms with van der Waals surface area (Å²) in [6.45, 7) is 1.54. The molecule has 0 saturated carbocycles. The van der Waals surface area contributed by atoms with Crippen molar-refractivity contribution in [1.82, 2.24) is 19.6 Å². The Bertz CT molecular complexity index is 1080. The van der Waals surface area contributed by atoms with E-state index in [1.807, 2.05) is 13.0 Å². The van der Waals surface area contributed by atoms with Crippen LogP contribution < -0.4 is 5.32 Å². The monoisotopic (exact) mass is 430 g/mol. The maximum atomic E-state index is 13.9. The molecule has 0 amide bonds. The summed E-state index contributed by atoms with van der Waals surface area (Å²) >= 11 is 0. The third kappa shape index (κ3) is 4.50. The van der Waals surface area contributed by atoms with Crippen molar-refractivity contribution in [2.45, 2.75) is 51.6 Å². The Hall–Kier alpha value is -3.10. The first kappa shape index (κ1) is 21.1. The Morgan fingerprint density at radius 2 is 2.10 bits per heavy atom. The smallest absolute Gasteiger partial charge is 0.329 e. The van der Waals surface area contributed by atoms with E-state index in [4.69, 9.17) is 0 Å². The number of aromatic nitrogens is 3. The number of hydrogen-bond acceptors (Lipinski definition) is 5. The second-order valence-corrected chi connectivity index (χ2v) is 7.76. The van der Waals surface area contributed by atoms with Crippen molar-refractivity contribution < 1.29 is 13.2 Å². The van der Waals surface area contributed by atoms with Gasteiger partial charge in [-0.3, -0.25) is 0 Å². The lowest BCUT2D eigenvalue weighted by molar-refractivity contribution is -0.0195. The van der Waals surface area contributed by atoms with Crippen molar-refractivity contribution in [3.05, 3.63) is 59.2 Å². The van der Waals surface area contributed by atoms with Gasteiger partial charge in [0.15, 0.2) is 5.65 Å². The number of nitrogens with zero attached hydrogens (tertiary/aromatic N) is 5. The Morgan fingerprint density at radius 1 is 1.26 bits per heavy atom. The molecule has 0 fully saturated rings. The van der Waals surface area contributed by atoms with Gasteiger partial charge in [-0.05, 0) is 49.1 Å². The first-order valence-electron chi connectivity index (χ1n) is 10.4. The average molecular weight is 430 g/mol. The molecule has 4 rings (SSSR count). The maximum absolute atomic E-state index is 13.9. The summed E-state index contributed by atoms with van der Waals surface area (Å²) in [7, 11) is 0. The van der Waals surface area contributed by atoms with Crippen molar-refractivity contribution >= 4 is 17.7 Å². The minimum atomic E-state index is -2.64. The Balaban J connectivity index is 1.57. The second kappa shape index (κ2) is 8.95. The molecular weight excluding hydrogens is 405 g/mol. The number of hydrazone groups is 1. The Morgan fingerprint density at radius 3 is 2.84 bits per heavy atom. The molecule has 164 valence electrons. The minimum Gasteiger partial charge on any atom is -0.363 e. The molecule has 0 radical (unpaired) electrons. The summed E-state index contributed by atoms with van der Waals surface area (Å²) in [6, 6.07) is 6.54. The van der Waals surface area contributed by atoms with E-state index in [1.165, 1.54) is 12.3 Å². The number of benzene rings is 1. The van der Waals surface area contributed by atoms with Crippen LogP contribution in [0.15, 0.2) is 41.8 Å². The van der Waals surface area contributed by atoms with E-state index in [-0.39, 0.29) is 24.3 Å². The van der Waals surface area contributed by atoms with E-state index in [0.717, 1.165) is 41.0 Å². The van der Waals surface area contributed by atoms with Gasteiger partial charge in [0.1, 0.15) is 11.6 Å². The molecule has 1 aliphatic rings. The Kier molecular flexibility index (Phi) is 6.11. The van der Waals surface area contributed by atoms with Gasteiger partial charge in [-0.25, -0.2) is 18.9 Å². The number of anilines is 1. The maximum Gasteiger partial charge on any atom is 0.329 e. The normalized spacial score (nSPS) is 17.1. The largest absolute Gasteiger partial charge is 0.363 e. The van der Waals surface area contributed by atoms with Crippen molar-refractivity contribution in [3.8, 4) is 0 Å². The molecule has 3 heterocycles. The van der Waals surface area contributed by atoms with Gasteiger partial charge in [-0.15, -0.1) is 0 Å². The molecule has 2 aromatic heterocycles. The first-order chi connectivity index (χ1) is 15.0. The zero-order valence-electron chi connectivity index (χ0n) is 17.5. The SMILES string of the molecule is CCCCc1ccc(F)cc1C(C)Nc1ccn2ncc(C3C=NN(C(F)F)C3)c2n1. The van der Waals surface area contributed by atoms with E-state index in [2.05, 4.69) is 27.4 Å². The van der Waals surface area contributed by atoms with Gasteiger partial charge in [0, 0.05) is 23.9 Å². The molecule has 1 aliphatic heterocycles. The van der Waals surface area contributed by atoms with Crippen molar-refractivity contribution in [2.24, 2.45) is 5.10 Å². The topological polar surface area (TPSA) is 57.8 Å². The van der Waals surface area contributed by atoms with Gasteiger partial charge in [0.25, 0.3) is 0 Å². The minimum absolute atomic E-state index is 0.0822. The van der Waals surface area contributed by atoms with E-state index >= 15 is 0 Å². The molecular formula is C22H25F3N6. The molecule has 0 aliphatic carbocycles. The van der Waals surface area contributed by atoms with Gasteiger partial charge in [-0.2, -0.15) is 19.0 Å². The van der Waals surface area contributed by atoms with Crippen LogP contribution in [0, 0.1) is 5.82 Å². The highest BCUT2D eigenvalue weighted by molar-refractivity contribution is 5.74. The predicted octanol–water partition coefficient (Wildman–Crippen LogP) is 4.99. The van der Waals surface area contributed by atoms with Crippen LogP contribution in [0.25, 0.3) is 5.65 Å². The number of hydrogen-bond donors (Lipinski definition) is 1. The van der Waals surface area contributed by atoms with Crippen LogP contribution >= 0.6 is 0 Å². The average Bonchev–Trinajstić information content (AvgIpc) is 3.39. The molecule has 6 nitrogen and oxygen atoms in total. The van der Waals surface area contributed by atoms with Crippen LogP contribution in [0.3, 0.4) is 0 Å². The van der Waals surface area contributed by atoms with Crippen LogP contribution in [0.5, 0.6) is 0 Å². The fraction of sp³-hybridized carbons (Fsp3) is 0.409. The zero-order chi connectivity index (χ0) is 22.0. The summed E-state index contributed by atoms with van der Waals surface area (Å²) < 4.78 is 41.4. The predicted molar refractivity (Wildman–Crippen MR) is 114 cm³/mol. The number of alkyl halides is 2. The lowest BCUT2D eigenvalue weighted by atomic mass is 9.97. The summed E-state index contributed by atoms with van der Waals surface area (Å²) in [5.41, 5.74) is 3.33. The van der Waals surface area contributed by atoms with Crippen molar-refractivity contribution in [3.63, 3.8) is 0 Å². The van der Waals surface area contributed by atoms with Gasteiger partial charge >= 0.3 is 6.55 Å². The summed E-state index contributed by atoms with van der Waals surface area (Å²) in [5.74, 6) is 0.0261. The Labute approximate surface area is 178 Å². The van der Waals surface area contributed by atoms with Gasteiger partial charge in [0.05, 0.1) is 18.8 Å². The summed E-state index contributed by atoms with van der Waals surface area (Å²) in [4.78, 5) is 4.66. The standard InChI is InChI=1S/C22H25F3N6/c1-3-4-5-15-6-7-17(23)10-18(15)14(2)28-20-8-9-30-21(29-20)19(12-27-30)16-11-26-31(13-16)22(24)25/h6-12,14,16,22H,3-5,13H2,1-2H3,(H,28,29). The van der Waals surface area contributed by atoms with Crippen LogP contribution in [-0.4, -0.2) is 38.9 Å². The number of halogens is 3. The lowest BCUT2D eigenvalue weighted by Crippen LogP contribution is -2.22. The van der Waals surface area contributed by atoms with Crippen LogP contribution in [-0.2, 0) is 6.42 Å². The number of unbranched alkanes of at least 4 members (excludes halogenated alkanes) is 1. The van der Waals surface area contributed by atoms with Gasteiger partial charge < -0.3 is 5.32 Å². The fourth-order valence-electron chi connectivity index (χ4n) is 3.86. The fourth-order valence-corrected chi connectivity index (χ4v) is 3.86. The molecule has 0 spiro atoms. The molecule has 0 saturated heterocycles. The van der Waals surface area contributed by atoms with E-state index in [1.54, 1.807) is 29.0 Å². The molecule has 2 atom stereocenters. The third-order valence-electron chi connectivity index (χ3n) is 5.54. The lowest BCUT2D eigenvalue weighted by Gasteiger charge is -2.19. The van der Waals surface area contributed by atoms with Crippen molar-refractivity contribution in [2.75, 3.05) is 11.9 Å². The molecule has 0 bridgehead atoms. The van der Waals surface area contributed by atoms with Gasteiger partial charge in [0.2, 0.25) is 0 Å². The van der Waals surface area contributed by atoms with E-state index < -0.39 is 6.55 Å². The summed E-state index contributed by atoms with van der Waals surface area (Å²) in [5, 5.41) is 12.2. The van der Waals surface area contributed by atoms with Crippen LogP contribution in [0.4, 0.5) is 19.0 Å². The highest BCUT2D eigenvalue weighted by Crippen LogP contribution is 2.28. The second-order valence-electron chi connectivity index (χ2n) is 7.76. The number of nitrogens with one attached hydrogen (secondary N) is 1. The van der Waals surface area contributed by atoms with Gasteiger partial charge in [-0.1, -0.05) is 19.4 Å². The van der Waals surface area contributed by atoms with Crippen LogP contribution in [0.2, 0.25) is 0 Å². The summed E-state index contributed by atoms with van der Waals surface area (Å²) in [6.07, 6.45) is 7.89. The molecule has 3 aromatic rings. The van der Waals surface area contributed by atoms with Crippen molar-refractivity contribution in [1.29, 1.82) is 0 Å². The molecule has 1 N–H and O–H groups in total. The van der Waals surface area contributed by atoms with Crippen LogP contribution in [0.1, 0.15) is 55.3 Å². The third-order valence-corrected chi connectivity index (χ3v) is 5.54. The molecule has 9 heteroatoms. The highest BCUT2D eigenvalue weighted by atomic mass is 19.3. The molecule has 31 heavy (non-hydrogen) atoms. The van der Waals surface area contributed by atoms with E-state index in [0.29, 0.717) is 11.5 Å². The quantitative estimate of drug-likeness (QED) is 0.512. The molecule has 2 unspecified atom stereocenters. The molecule has 1 aromatic carbocycles. The number of fused-ring (bicyclic) bond motifs is 1. The zero-order valence-corrected chi connectivity index (χ0v) is 17.5. The highest BCUT2D eigenvalue weighted by Gasteiger charge is 2.27. The number of rotatable bonds is 8. The first-order valence-corrected chi connectivity index (χ1v) is 10.4. The van der Waals surface area contributed by atoms with E-state index in [9.17, 15) is 13.2 Å².